The fourth-order valence-corrected chi connectivity index (χ4v) is 5.78. The lowest BCUT2D eigenvalue weighted by atomic mass is 9.63. The number of ether oxygens (including phenoxy) is 1. The molecule has 2 amide bonds. The number of imide groups is 1. The Labute approximate surface area is 174 Å². The number of anilines is 1. The molecule has 150 valence electrons. The molecule has 7 rings (SSSR count). The number of benzene rings is 2. The van der Waals surface area contributed by atoms with Crippen molar-refractivity contribution >= 4 is 23.3 Å². The maximum Gasteiger partial charge on any atom is 0.238 e. The molecule has 4 aliphatic carbocycles. The molecule has 2 saturated carbocycles. The topological polar surface area (TPSA) is 63.7 Å². The number of carbonyl (C=O) groups is 3. The van der Waals surface area contributed by atoms with Crippen LogP contribution in [0.2, 0.25) is 0 Å². The molecule has 5 nitrogen and oxygen atoms in total. The van der Waals surface area contributed by atoms with Crippen molar-refractivity contribution in [2.45, 2.75) is 6.42 Å². The number of allylic oxidation sites excluding steroid dienone is 2. The van der Waals surface area contributed by atoms with Gasteiger partial charge in [-0.05, 0) is 42.2 Å². The molecule has 0 N–H and O–H groups in total. The zero-order valence-electron chi connectivity index (χ0n) is 16.3. The number of Topliss-reactive ketones (excluding diaryl/α,β-unsaturated/α-hetero) is 1. The molecule has 6 atom stereocenters. The van der Waals surface area contributed by atoms with Crippen LogP contribution in [0.15, 0.2) is 66.7 Å². The van der Waals surface area contributed by atoms with Crippen molar-refractivity contribution in [2.75, 3.05) is 11.5 Å². The fourth-order valence-electron chi connectivity index (χ4n) is 5.78. The molecule has 2 bridgehead atoms. The Morgan fingerprint density at radius 2 is 1.57 bits per heavy atom. The Morgan fingerprint density at radius 1 is 0.900 bits per heavy atom. The van der Waals surface area contributed by atoms with E-state index in [9.17, 15) is 14.4 Å². The summed E-state index contributed by atoms with van der Waals surface area (Å²) in [5, 5.41) is 0. The van der Waals surface area contributed by atoms with E-state index in [2.05, 4.69) is 12.2 Å². The lowest BCUT2D eigenvalue weighted by molar-refractivity contribution is -0.124. The first kappa shape index (κ1) is 17.6. The predicted molar refractivity (Wildman–Crippen MR) is 110 cm³/mol. The van der Waals surface area contributed by atoms with Gasteiger partial charge in [0.2, 0.25) is 11.8 Å². The average molecular weight is 399 g/mol. The first-order valence-electron chi connectivity index (χ1n) is 10.5. The van der Waals surface area contributed by atoms with Gasteiger partial charge in [0.05, 0.1) is 17.5 Å². The molecule has 0 spiro atoms. The zero-order chi connectivity index (χ0) is 20.4. The second-order valence-corrected chi connectivity index (χ2v) is 8.74. The third-order valence-corrected chi connectivity index (χ3v) is 7.20. The Bertz CT molecular complexity index is 1060. The molecule has 0 aromatic heterocycles. The number of hydrogen-bond acceptors (Lipinski definition) is 4. The van der Waals surface area contributed by atoms with Gasteiger partial charge in [-0.3, -0.25) is 14.4 Å². The van der Waals surface area contributed by atoms with Crippen molar-refractivity contribution in [2.24, 2.45) is 35.5 Å². The second-order valence-electron chi connectivity index (χ2n) is 8.74. The van der Waals surface area contributed by atoms with E-state index >= 15 is 0 Å². The molecule has 30 heavy (non-hydrogen) atoms. The summed E-state index contributed by atoms with van der Waals surface area (Å²) in [4.78, 5) is 40.1. The van der Waals surface area contributed by atoms with Gasteiger partial charge in [0.15, 0.2) is 12.4 Å². The van der Waals surface area contributed by atoms with E-state index in [1.807, 2.05) is 18.2 Å². The van der Waals surface area contributed by atoms with Crippen LogP contribution in [0.3, 0.4) is 0 Å². The van der Waals surface area contributed by atoms with Crippen LogP contribution < -0.4 is 9.64 Å². The van der Waals surface area contributed by atoms with Gasteiger partial charge >= 0.3 is 0 Å². The number of nitrogens with zero attached hydrogens (tertiary/aromatic N) is 1. The van der Waals surface area contributed by atoms with Gasteiger partial charge in [-0.25, -0.2) is 4.90 Å². The summed E-state index contributed by atoms with van der Waals surface area (Å²) in [6.45, 7) is -0.0992. The molecule has 1 heterocycles. The van der Waals surface area contributed by atoms with Gasteiger partial charge in [-0.2, -0.15) is 0 Å². The highest BCUT2D eigenvalue weighted by atomic mass is 16.5. The van der Waals surface area contributed by atoms with Gasteiger partial charge in [0.1, 0.15) is 5.75 Å². The minimum Gasteiger partial charge on any atom is -0.485 e. The average Bonchev–Trinajstić information content (AvgIpc) is 3.56. The summed E-state index contributed by atoms with van der Waals surface area (Å²) in [6.07, 6.45) is 5.49. The summed E-state index contributed by atoms with van der Waals surface area (Å²) < 4.78 is 5.68. The van der Waals surface area contributed by atoms with Gasteiger partial charge in [-0.15, -0.1) is 0 Å². The minimum absolute atomic E-state index is 0.0905. The molecule has 0 unspecified atom stereocenters. The van der Waals surface area contributed by atoms with Crippen LogP contribution >= 0.6 is 0 Å². The van der Waals surface area contributed by atoms with Crippen molar-refractivity contribution in [3.05, 3.63) is 72.3 Å². The van der Waals surface area contributed by atoms with Crippen molar-refractivity contribution in [3.8, 4) is 5.75 Å². The molecule has 0 radical (unpaired) electrons. The van der Waals surface area contributed by atoms with E-state index in [0.717, 1.165) is 6.42 Å². The monoisotopic (exact) mass is 399 g/mol. The van der Waals surface area contributed by atoms with Gasteiger partial charge in [-0.1, -0.05) is 48.6 Å². The molecule has 2 aromatic rings. The normalized spacial score (nSPS) is 32.7. The van der Waals surface area contributed by atoms with Crippen molar-refractivity contribution in [3.63, 3.8) is 0 Å². The molecular formula is C25H21NO4. The minimum atomic E-state index is -0.222. The quantitative estimate of drug-likeness (QED) is 0.439. The predicted octanol–water partition coefficient (Wildman–Crippen LogP) is 3.51. The Balaban J connectivity index is 1.22. The van der Waals surface area contributed by atoms with Crippen LogP contribution in [-0.2, 0) is 9.59 Å². The molecular weight excluding hydrogens is 378 g/mol. The summed E-state index contributed by atoms with van der Waals surface area (Å²) in [6, 6.07) is 15.9. The third kappa shape index (κ3) is 2.51. The second kappa shape index (κ2) is 6.39. The van der Waals surface area contributed by atoms with Gasteiger partial charge < -0.3 is 4.74 Å². The highest BCUT2D eigenvalue weighted by Crippen LogP contribution is 2.65. The van der Waals surface area contributed by atoms with E-state index in [1.165, 1.54) is 4.90 Å². The summed E-state index contributed by atoms with van der Waals surface area (Å²) in [7, 11) is 0. The van der Waals surface area contributed by atoms with Crippen LogP contribution in [0.1, 0.15) is 16.8 Å². The lowest BCUT2D eigenvalue weighted by Crippen LogP contribution is -2.40. The molecule has 5 aliphatic rings. The number of carbonyl (C=O) groups excluding carboxylic acids is 3. The van der Waals surface area contributed by atoms with Crippen LogP contribution in [0.4, 0.5) is 5.69 Å². The molecule has 1 aliphatic heterocycles. The standard InChI is InChI=1S/C25H21NO4/c27-21(14-5-2-1-3-6-14)13-30-16-8-4-7-15(11-16)26-24(28)22-17-9-10-18(20-12-19(17)20)23(22)25(26)29/h1-11,17-20,22-23H,12-13H2/t17-,18-,19-,20+,22+,23+/m1/s1. The van der Waals surface area contributed by atoms with Crippen molar-refractivity contribution in [1.82, 2.24) is 0 Å². The summed E-state index contributed by atoms with van der Waals surface area (Å²) >= 11 is 0. The van der Waals surface area contributed by atoms with Gasteiger partial charge in [0.25, 0.3) is 0 Å². The van der Waals surface area contributed by atoms with Crippen LogP contribution in [0.25, 0.3) is 0 Å². The molecule has 1 saturated heterocycles. The number of rotatable bonds is 5. The smallest absolute Gasteiger partial charge is 0.238 e. The largest absolute Gasteiger partial charge is 0.485 e. The van der Waals surface area contributed by atoms with Crippen LogP contribution in [-0.4, -0.2) is 24.2 Å². The Hall–Kier alpha value is -3.21. The SMILES string of the molecule is O=C(COc1cccc(N2C(=O)[C@H]3[C@@H]4C=C[C@H]([C@@H]5C[C@H]45)[C@@H]3C2=O)c1)c1ccccc1. The molecule has 3 fully saturated rings. The van der Waals surface area contributed by atoms with E-state index in [0.29, 0.717) is 28.8 Å². The lowest BCUT2D eigenvalue weighted by Gasteiger charge is -2.37. The van der Waals surface area contributed by atoms with E-state index in [4.69, 9.17) is 4.74 Å². The summed E-state index contributed by atoms with van der Waals surface area (Å²) in [5.74, 6) is 1.29. The van der Waals surface area contributed by atoms with E-state index in [1.54, 1.807) is 36.4 Å². The number of amides is 2. The molecule has 2 aromatic carbocycles. The Kier molecular flexibility index (Phi) is 3.76. The Morgan fingerprint density at radius 3 is 2.23 bits per heavy atom. The van der Waals surface area contributed by atoms with Crippen LogP contribution in [0.5, 0.6) is 5.75 Å². The number of ketones is 1. The maximum absolute atomic E-state index is 13.2. The molecule has 5 heteroatoms. The van der Waals surface area contributed by atoms with E-state index < -0.39 is 0 Å². The third-order valence-electron chi connectivity index (χ3n) is 7.20. The van der Waals surface area contributed by atoms with E-state index in [-0.39, 0.29) is 47.9 Å². The van der Waals surface area contributed by atoms with Crippen LogP contribution in [0, 0.1) is 35.5 Å². The van der Waals surface area contributed by atoms with Crippen molar-refractivity contribution < 1.29 is 19.1 Å². The summed E-state index contributed by atoms with van der Waals surface area (Å²) in [5.41, 5.74) is 1.11. The zero-order valence-corrected chi connectivity index (χ0v) is 16.3. The fraction of sp³-hybridized carbons (Fsp3) is 0.320. The first-order chi connectivity index (χ1) is 14.6. The van der Waals surface area contributed by atoms with Gasteiger partial charge in [0, 0.05) is 11.6 Å². The van der Waals surface area contributed by atoms with Crippen molar-refractivity contribution in [1.29, 1.82) is 0 Å². The highest BCUT2D eigenvalue weighted by molar-refractivity contribution is 6.22. The maximum atomic E-state index is 13.2. The first-order valence-corrected chi connectivity index (χ1v) is 10.5. The highest BCUT2D eigenvalue weighted by Gasteiger charge is 2.67. The number of hydrogen-bond donors (Lipinski definition) is 0.